The van der Waals surface area contributed by atoms with Crippen LogP contribution in [0.25, 0.3) is 0 Å². The van der Waals surface area contributed by atoms with E-state index in [1.54, 1.807) is 7.11 Å². The Morgan fingerprint density at radius 3 is 2.37 bits per heavy atom. The Morgan fingerprint density at radius 1 is 1.05 bits per heavy atom. The molecule has 2 aromatic rings. The minimum absolute atomic E-state index is 0.0325. The van der Waals surface area contributed by atoms with Gasteiger partial charge in [0.1, 0.15) is 17.1 Å². The fourth-order valence-electron chi connectivity index (χ4n) is 4.55. The zero-order valence-electron chi connectivity index (χ0n) is 23.7. The lowest BCUT2D eigenvalue weighted by molar-refractivity contribution is -0.130. The lowest BCUT2D eigenvalue weighted by Gasteiger charge is -2.29. The highest BCUT2D eigenvalue weighted by Crippen LogP contribution is 2.33. The number of rotatable bonds is 11. The summed E-state index contributed by atoms with van der Waals surface area (Å²) in [7, 11) is 1.63. The Hall–Kier alpha value is -3.42. The molecule has 0 saturated carbocycles. The maximum Gasteiger partial charge on any atom is 0.410 e. The van der Waals surface area contributed by atoms with Crippen LogP contribution < -0.4 is 14.8 Å². The number of hydrogen-bond acceptors (Lipinski definition) is 6. The van der Waals surface area contributed by atoms with Gasteiger partial charge >= 0.3 is 6.09 Å². The van der Waals surface area contributed by atoms with Crippen molar-refractivity contribution >= 4 is 17.7 Å². The first kappa shape index (κ1) is 29.1. The largest absolute Gasteiger partial charge is 0.497 e. The summed E-state index contributed by atoms with van der Waals surface area (Å²) in [5.41, 5.74) is 1.32. The van der Waals surface area contributed by atoms with Crippen LogP contribution in [0.4, 0.5) is 10.5 Å². The maximum atomic E-state index is 12.7. The van der Waals surface area contributed by atoms with E-state index in [-0.39, 0.29) is 18.0 Å². The maximum absolute atomic E-state index is 12.7. The molecule has 1 unspecified atom stereocenters. The average molecular weight is 526 g/mol. The molecular weight excluding hydrogens is 482 g/mol. The van der Waals surface area contributed by atoms with Gasteiger partial charge in [0.05, 0.1) is 18.8 Å². The molecule has 208 valence electrons. The highest BCUT2D eigenvalue weighted by Gasteiger charge is 2.32. The van der Waals surface area contributed by atoms with Crippen molar-refractivity contribution in [2.24, 2.45) is 0 Å². The number of amides is 2. The predicted molar refractivity (Wildman–Crippen MR) is 150 cm³/mol. The molecule has 1 heterocycles. The standard InChI is InChI=1S/C30H43N3O5/c1-7-32(8-2)28(34)18-12-22-11-17-26(27(20-22)37-25-15-13-24(36-6)14-16-25)31-21-23-10-9-19-33(23)29(35)38-30(3,4)5/h11,13-17,20,23,31H,7-10,12,18-19,21H2,1-6H3. The molecule has 1 atom stereocenters. The number of carbonyl (C=O) groups excluding carboxylic acids is 2. The molecule has 1 aliphatic heterocycles. The van der Waals surface area contributed by atoms with Crippen LogP contribution in [0.2, 0.25) is 0 Å². The molecule has 2 aromatic carbocycles. The molecule has 3 rings (SSSR count). The Morgan fingerprint density at radius 2 is 1.74 bits per heavy atom. The Bertz CT molecular complexity index is 1060. The van der Waals surface area contributed by atoms with E-state index in [0.717, 1.165) is 29.8 Å². The smallest absolute Gasteiger partial charge is 0.410 e. The van der Waals surface area contributed by atoms with E-state index in [0.29, 0.717) is 50.5 Å². The van der Waals surface area contributed by atoms with Crippen LogP contribution in [-0.2, 0) is 16.0 Å². The zero-order chi connectivity index (χ0) is 27.7. The van der Waals surface area contributed by atoms with E-state index >= 15 is 0 Å². The highest BCUT2D eigenvalue weighted by atomic mass is 16.6. The summed E-state index contributed by atoms with van der Waals surface area (Å²) in [6, 6.07) is 13.5. The monoisotopic (exact) mass is 525 g/mol. The summed E-state index contributed by atoms with van der Waals surface area (Å²) in [5.74, 6) is 2.26. The molecule has 0 aliphatic carbocycles. The summed E-state index contributed by atoms with van der Waals surface area (Å²) in [4.78, 5) is 28.9. The number of methoxy groups -OCH3 is 1. The van der Waals surface area contributed by atoms with Gasteiger partial charge in [-0.05, 0) is 95.8 Å². The fourth-order valence-corrected chi connectivity index (χ4v) is 4.55. The number of likely N-dealkylation sites (tertiary alicyclic amines) is 1. The Balaban J connectivity index is 1.75. The van der Waals surface area contributed by atoms with Gasteiger partial charge in [-0.1, -0.05) is 6.07 Å². The van der Waals surface area contributed by atoms with Gasteiger partial charge in [0.2, 0.25) is 5.91 Å². The summed E-state index contributed by atoms with van der Waals surface area (Å²) >= 11 is 0. The molecule has 0 bridgehead atoms. The first-order valence-electron chi connectivity index (χ1n) is 13.6. The number of benzene rings is 2. The van der Waals surface area contributed by atoms with Gasteiger partial charge in [0.25, 0.3) is 0 Å². The van der Waals surface area contributed by atoms with Crippen molar-refractivity contribution in [2.75, 3.05) is 38.6 Å². The first-order chi connectivity index (χ1) is 18.1. The molecule has 2 amide bonds. The second-order valence-corrected chi connectivity index (χ2v) is 10.5. The number of nitrogens with one attached hydrogen (secondary N) is 1. The minimum atomic E-state index is -0.528. The number of hydrogen-bond donors (Lipinski definition) is 1. The highest BCUT2D eigenvalue weighted by molar-refractivity contribution is 5.76. The van der Waals surface area contributed by atoms with E-state index in [9.17, 15) is 9.59 Å². The molecule has 1 fully saturated rings. The third-order valence-electron chi connectivity index (χ3n) is 6.61. The van der Waals surface area contributed by atoms with E-state index in [4.69, 9.17) is 14.2 Å². The number of ether oxygens (including phenoxy) is 3. The third-order valence-corrected chi connectivity index (χ3v) is 6.61. The number of carbonyl (C=O) groups is 2. The fraction of sp³-hybridized carbons (Fsp3) is 0.533. The number of aryl methyl sites for hydroxylation is 1. The van der Waals surface area contributed by atoms with Gasteiger partial charge in [-0.2, -0.15) is 0 Å². The summed E-state index contributed by atoms with van der Waals surface area (Å²) in [5, 5.41) is 3.50. The lowest BCUT2D eigenvalue weighted by atomic mass is 10.1. The molecule has 38 heavy (non-hydrogen) atoms. The molecule has 8 nitrogen and oxygen atoms in total. The second-order valence-electron chi connectivity index (χ2n) is 10.5. The van der Waals surface area contributed by atoms with Gasteiger partial charge in [-0.3, -0.25) is 4.79 Å². The van der Waals surface area contributed by atoms with E-state index in [2.05, 4.69) is 5.32 Å². The minimum Gasteiger partial charge on any atom is -0.497 e. The topological polar surface area (TPSA) is 80.3 Å². The van der Waals surface area contributed by atoms with Gasteiger partial charge in [0.15, 0.2) is 5.75 Å². The van der Waals surface area contributed by atoms with Gasteiger partial charge in [-0.15, -0.1) is 0 Å². The van der Waals surface area contributed by atoms with Gasteiger partial charge < -0.3 is 29.3 Å². The van der Waals surface area contributed by atoms with Crippen molar-refractivity contribution in [3.05, 3.63) is 48.0 Å². The first-order valence-corrected chi connectivity index (χ1v) is 13.6. The van der Waals surface area contributed by atoms with Crippen LogP contribution in [0.1, 0.15) is 59.4 Å². The average Bonchev–Trinajstić information content (AvgIpc) is 3.36. The van der Waals surface area contributed by atoms with Gasteiger partial charge in [0, 0.05) is 32.6 Å². The lowest BCUT2D eigenvalue weighted by Crippen LogP contribution is -2.42. The van der Waals surface area contributed by atoms with Crippen molar-refractivity contribution in [3.8, 4) is 17.2 Å². The number of anilines is 1. The van der Waals surface area contributed by atoms with Crippen molar-refractivity contribution in [2.45, 2.75) is 71.9 Å². The molecule has 1 N–H and O–H groups in total. The molecule has 0 radical (unpaired) electrons. The molecule has 0 aromatic heterocycles. The van der Waals surface area contributed by atoms with Crippen LogP contribution in [-0.4, -0.2) is 66.7 Å². The zero-order valence-corrected chi connectivity index (χ0v) is 23.7. The van der Waals surface area contributed by atoms with E-state index in [1.807, 2.05) is 86.9 Å². The van der Waals surface area contributed by atoms with Crippen LogP contribution in [0.15, 0.2) is 42.5 Å². The molecule has 0 spiro atoms. The Kier molecular flexibility index (Phi) is 10.3. The molecule has 8 heteroatoms. The van der Waals surface area contributed by atoms with E-state index < -0.39 is 5.60 Å². The quantitative estimate of drug-likeness (QED) is 0.382. The van der Waals surface area contributed by atoms with Gasteiger partial charge in [-0.25, -0.2) is 4.79 Å². The van der Waals surface area contributed by atoms with Crippen LogP contribution in [0.5, 0.6) is 17.2 Å². The van der Waals surface area contributed by atoms with Crippen molar-refractivity contribution in [3.63, 3.8) is 0 Å². The SMILES string of the molecule is CCN(CC)C(=O)CCc1ccc(NCC2CCCN2C(=O)OC(C)(C)C)c(Oc2ccc(OC)cc2)c1. The molecular formula is C30H43N3O5. The molecule has 1 saturated heterocycles. The second kappa shape index (κ2) is 13.4. The summed E-state index contributed by atoms with van der Waals surface area (Å²) in [6.45, 7) is 12.3. The van der Waals surface area contributed by atoms with E-state index in [1.165, 1.54) is 0 Å². The normalized spacial score (nSPS) is 15.2. The summed E-state index contributed by atoms with van der Waals surface area (Å²) < 4.78 is 17.2. The van der Waals surface area contributed by atoms with Crippen molar-refractivity contribution in [1.29, 1.82) is 0 Å². The Labute approximate surface area is 227 Å². The van der Waals surface area contributed by atoms with Crippen LogP contribution in [0, 0.1) is 0 Å². The van der Waals surface area contributed by atoms with Crippen molar-refractivity contribution in [1.82, 2.24) is 9.80 Å². The number of nitrogens with zero attached hydrogens (tertiary/aromatic N) is 2. The third kappa shape index (κ3) is 8.30. The molecule has 1 aliphatic rings. The van der Waals surface area contributed by atoms with Crippen LogP contribution >= 0.6 is 0 Å². The predicted octanol–water partition coefficient (Wildman–Crippen LogP) is 6.10. The van der Waals surface area contributed by atoms with Crippen molar-refractivity contribution < 1.29 is 23.8 Å². The van der Waals surface area contributed by atoms with Crippen LogP contribution in [0.3, 0.4) is 0 Å². The summed E-state index contributed by atoms with van der Waals surface area (Å²) in [6.07, 6.45) is 2.66.